The van der Waals surface area contributed by atoms with Crippen molar-refractivity contribution in [2.45, 2.75) is 76.0 Å². The summed E-state index contributed by atoms with van der Waals surface area (Å²) in [6.07, 6.45) is -4.65. The number of ether oxygens (including phenoxy) is 6. The molecule has 4 atom stereocenters. The van der Waals surface area contributed by atoms with Gasteiger partial charge in [0.25, 0.3) is 0 Å². The summed E-state index contributed by atoms with van der Waals surface area (Å²) < 4.78 is 66.3. The molecule has 0 radical (unpaired) electrons. The molecule has 0 bridgehead atoms. The Morgan fingerprint density at radius 1 is 0.773 bits per heavy atom. The van der Waals surface area contributed by atoms with E-state index in [-0.39, 0.29) is 32.8 Å². The van der Waals surface area contributed by atoms with E-state index in [2.05, 4.69) is 4.74 Å². The van der Waals surface area contributed by atoms with Gasteiger partial charge in [-0.15, -0.1) is 0 Å². The number of carbonyl (C=O) groups is 2. The van der Waals surface area contributed by atoms with Crippen molar-refractivity contribution in [2.75, 3.05) is 13.7 Å². The molecular weight excluding hydrogens is 574 g/mol. The number of carbonyl (C=O) groups excluding carboxylic acids is 2. The molecule has 4 unspecified atom stereocenters. The van der Waals surface area contributed by atoms with Crippen molar-refractivity contribution < 1.29 is 46.8 Å². The molecule has 1 saturated heterocycles. The van der Waals surface area contributed by atoms with Crippen molar-refractivity contribution in [3.05, 3.63) is 108 Å². The Hall–Kier alpha value is -3.70. The second-order valence-electron chi connectivity index (χ2n) is 11.0. The Bertz CT molecular complexity index is 1320. The first-order chi connectivity index (χ1) is 21.1. The largest absolute Gasteiger partial charge is 0.461 e. The first kappa shape index (κ1) is 33.2. The van der Waals surface area contributed by atoms with E-state index < -0.39 is 47.9 Å². The summed E-state index contributed by atoms with van der Waals surface area (Å²) in [5.41, 5.74) is 0.217. The molecule has 1 heterocycles. The molecule has 0 aromatic heterocycles. The van der Waals surface area contributed by atoms with E-state index in [4.69, 9.17) is 23.7 Å². The highest BCUT2D eigenvalue weighted by molar-refractivity contribution is 6.29. The third-order valence-electron chi connectivity index (χ3n) is 7.41. The van der Waals surface area contributed by atoms with Crippen LogP contribution >= 0.6 is 0 Å². The van der Waals surface area contributed by atoms with Crippen molar-refractivity contribution in [1.29, 1.82) is 0 Å². The van der Waals surface area contributed by atoms with Gasteiger partial charge < -0.3 is 28.4 Å². The van der Waals surface area contributed by atoms with E-state index in [1.165, 1.54) is 0 Å². The van der Waals surface area contributed by atoms with Crippen molar-refractivity contribution >= 4 is 11.9 Å². The van der Waals surface area contributed by atoms with Crippen LogP contribution in [-0.2, 0) is 57.8 Å². The number of halogens is 2. The smallest absolute Gasteiger partial charge is 0.418 e. The fourth-order valence-electron chi connectivity index (χ4n) is 4.90. The second-order valence-corrected chi connectivity index (χ2v) is 11.0. The Morgan fingerprint density at radius 3 is 1.80 bits per heavy atom. The fraction of sp³-hybridized carbons (Fsp3) is 0.412. The van der Waals surface area contributed by atoms with Gasteiger partial charge in [0.15, 0.2) is 5.60 Å². The number of hydrogen-bond acceptors (Lipinski definition) is 8. The van der Waals surface area contributed by atoms with Crippen LogP contribution in [0.15, 0.2) is 91.0 Å². The number of esters is 2. The van der Waals surface area contributed by atoms with Gasteiger partial charge in [-0.1, -0.05) is 91.0 Å². The topological polar surface area (TPSA) is 89.5 Å². The minimum atomic E-state index is -3.76. The number of benzene rings is 3. The molecule has 3 aromatic carbocycles. The van der Waals surface area contributed by atoms with Crippen LogP contribution in [0.3, 0.4) is 0 Å². The first-order valence-corrected chi connectivity index (χ1v) is 14.4. The summed E-state index contributed by atoms with van der Waals surface area (Å²) in [7, 11) is 0.962. The Balaban J connectivity index is 1.60. The van der Waals surface area contributed by atoms with Crippen LogP contribution in [0, 0.1) is 0 Å². The van der Waals surface area contributed by atoms with Crippen molar-refractivity contribution in [3.63, 3.8) is 0 Å². The van der Waals surface area contributed by atoms with Crippen LogP contribution in [-0.4, -0.2) is 61.6 Å². The van der Waals surface area contributed by atoms with E-state index in [0.29, 0.717) is 0 Å². The lowest BCUT2D eigenvalue weighted by Crippen LogP contribution is -2.62. The molecule has 4 rings (SSSR count). The lowest BCUT2D eigenvalue weighted by Gasteiger charge is -2.46. The highest BCUT2D eigenvalue weighted by Crippen LogP contribution is 2.42. The highest BCUT2D eigenvalue weighted by atomic mass is 19.3. The third kappa shape index (κ3) is 8.69. The van der Waals surface area contributed by atoms with Gasteiger partial charge in [0.2, 0.25) is 0 Å². The maximum atomic E-state index is 16.2. The minimum absolute atomic E-state index is 0.0749. The minimum Gasteiger partial charge on any atom is -0.461 e. The zero-order valence-corrected chi connectivity index (χ0v) is 25.0. The van der Waals surface area contributed by atoms with Gasteiger partial charge in [-0.3, -0.25) is 0 Å². The van der Waals surface area contributed by atoms with E-state index >= 15 is 8.78 Å². The molecule has 10 heteroatoms. The Labute approximate surface area is 256 Å². The summed E-state index contributed by atoms with van der Waals surface area (Å²) in [5, 5.41) is 0. The van der Waals surface area contributed by atoms with Crippen LogP contribution in [0.1, 0.15) is 37.0 Å². The molecule has 8 nitrogen and oxygen atoms in total. The van der Waals surface area contributed by atoms with Crippen molar-refractivity contribution in [3.8, 4) is 0 Å². The molecule has 0 aliphatic carbocycles. The molecular formula is C34H38F2O8. The van der Waals surface area contributed by atoms with Crippen LogP contribution in [0.2, 0.25) is 0 Å². The van der Waals surface area contributed by atoms with Crippen LogP contribution in [0.5, 0.6) is 0 Å². The normalized spacial score (nSPS) is 20.6. The third-order valence-corrected chi connectivity index (χ3v) is 7.41. The molecule has 236 valence electrons. The Morgan fingerprint density at radius 2 is 1.27 bits per heavy atom. The van der Waals surface area contributed by atoms with Gasteiger partial charge in [-0.2, -0.15) is 8.78 Å². The molecule has 1 fully saturated rings. The van der Waals surface area contributed by atoms with Gasteiger partial charge in [-0.25, -0.2) is 9.59 Å². The number of methoxy groups -OCH3 is 1. The molecule has 0 spiro atoms. The molecule has 1 aliphatic heterocycles. The van der Waals surface area contributed by atoms with E-state index in [1.54, 1.807) is 0 Å². The van der Waals surface area contributed by atoms with Crippen LogP contribution in [0.25, 0.3) is 0 Å². The average molecular weight is 613 g/mol. The van der Waals surface area contributed by atoms with E-state index in [1.807, 2.05) is 91.0 Å². The van der Waals surface area contributed by atoms with Crippen LogP contribution in [0.4, 0.5) is 8.78 Å². The summed E-state index contributed by atoms with van der Waals surface area (Å²) in [6, 6.07) is 28.2. The second kappa shape index (κ2) is 15.3. The van der Waals surface area contributed by atoms with Gasteiger partial charge in [0.05, 0.1) is 39.6 Å². The lowest BCUT2D eigenvalue weighted by molar-refractivity contribution is -0.296. The monoisotopic (exact) mass is 612 g/mol. The maximum absolute atomic E-state index is 16.2. The zero-order valence-electron chi connectivity index (χ0n) is 25.0. The predicted molar refractivity (Wildman–Crippen MR) is 157 cm³/mol. The van der Waals surface area contributed by atoms with Gasteiger partial charge in [0.1, 0.15) is 18.3 Å². The number of alkyl halides is 2. The highest BCUT2D eigenvalue weighted by Gasteiger charge is 2.60. The van der Waals surface area contributed by atoms with Crippen molar-refractivity contribution in [1.82, 2.24) is 0 Å². The van der Waals surface area contributed by atoms with Gasteiger partial charge in [0, 0.05) is 6.42 Å². The van der Waals surface area contributed by atoms with E-state index in [9.17, 15) is 9.59 Å². The lowest BCUT2D eigenvalue weighted by atomic mass is 9.87. The van der Waals surface area contributed by atoms with Gasteiger partial charge >= 0.3 is 17.9 Å². The predicted octanol–water partition coefficient (Wildman–Crippen LogP) is 5.66. The maximum Gasteiger partial charge on any atom is 0.418 e. The molecule has 0 amide bonds. The summed E-state index contributed by atoms with van der Waals surface area (Å²) >= 11 is 0. The average Bonchev–Trinajstić information content (AvgIpc) is 3.03. The van der Waals surface area contributed by atoms with Gasteiger partial charge in [-0.05, 0) is 30.5 Å². The number of hydrogen-bond donors (Lipinski definition) is 0. The summed E-state index contributed by atoms with van der Waals surface area (Å²) in [4.78, 5) is 23.8. The number of rotatable bonds is 13. The molecule has 3 aromatic rings. The summed E-state index contributed by atoms with van der Waals surface area (Å²) in [6.45, 7) is 2.54. The fourth-order valence-corrected chi connectivity index (χ4v) is 4.90. The molecule has 1 aliphatic rings. The van der Waals surface area contributed by atoms with Crippen molar-refractivity contribution in [2.24, 2.45) is 0 Å². The molecule has 0 saturated carbocycles. The SMILES string of the molecule is COC(=O)C(=O)OC(C)(C)C(F)(F)C1CC(OCc2ccccc2)C(OCc2ccccc2)C(COCc2ccccc2)O1. The zero-order chi connectivity index (χ0) is 31.6. The summed E-state index contributed by atoms with van der Waals surface area (Å²) in [5.74, 6) is -6.67. The first-order valence-electron chi connectivity index (χ1n) is 14.4. The molecule has 44 heavy (non-hydrogen) atoms. The quantitative estimate of drug-likeness (QED) is 0.181. The standard InChI is InChI=1S/C34H38F2O8/c1-33(2,44-32(38)31(37)39-3)34(35,36)29-19-27(41-21-25-15-9-5-10-16-25)30(42-22-26-17-11-6-12-18-26)28(43-29)23-40-20-24-13-7-4-8-14-24/h4-18,27-30H,19-23H2,1-3H3. The molecule has 0 N–H and O–H groups in total. The van der Waals surface area contributed by atoms with Crippen LogP contribution < -0.4 is 0 Å². The Kier molecular flexibility index (Phi) is 11.6. The van der Waals surface area contributed by atoms with E-state index in [0.717, 1.165) is 37.6 Å².